The van der Waals surface area contributed by atoms with Gasteiger partial charge in [-0.2, -0.15) is 0 Å². The van der Waals surface area contributed by atoms with Crippen LogP contribution in [0.3, 0.4) is 0 Å². The molecule has 0 unspecified atom stereocenters. The Balaban J connectivity index is 2.17. The summed E-state index contributed by atoms with van der Waals surface area (Å²) in [5.74, 6) is 0. The Morgan fingerprint density at radius 1 is 1.00 bits per heavy atom. The van der Waals surface area contributed by atoms with Gasteiger partial charge in [-0.3, -0.25) is 0 Å². The summed E-state index contributed by atoms with van der Waals surface area (Å²) >= 11 is 6.15. The van der Waals surface area contributed by atoms with Crippen LogP contribution in [0.4, 0.5) is 0 Å². The van der Waals surface area contributed by atoms with Gasteiger partial charge >= 0.3 is 0 Å². The van der Waals surface area contributed by atoms with Gasteiger partial charge in [-0.1, -0.05) is 79.7 Å². The lowest BCUT2D eigenvalue weighted by atomic mass is 10.1. The standard InChI is InChI=1S/C18H17Cl/c1-3-14-5-7-15(8-6-14)9-10-16-11-12-17(4-2)18(19)13-16/h4-13H,2-3H2,1H3/b10-9+. The number of benzene rings is 2. The van der Waals surface area contributed by atoms with Crippen LogP contribution in [0.2, 0.25) is 5.02 Å². The fraction of sp³-hybridized carbons (Fsp3) is 0.111. The Kier molecular flexibility index (Phi) is 4.59. The summed E-state index contributed by atoms with van der Waals surface area (Å²) in [5.41, 5.74) is 4.61. The summed E-state index contributed by atoms with van der Waals surface area (Å²) in [5, 5.41) is 0.735. The van der Waals surface area contributed by atoms with Crippen molar-refractivity contribution in [1.82, 2.24) is 0 Å². The minimum atomic E-state index is 0.735. The Morgan fingerprint density at radius 2 is 1.63 bits per heavy atom. The first-order valence-electron chi connectivity index (χ1n) is 6.42. The van der Waals surface area contributed by atoms with E-state index in [1.807, 2.05) is 18.2 Å². The van der Waals surface area contributed by atoms with E-state index in [0.717, 1.165) is 22.6 Å². The van der Waals surface area contributed by atoms with Gasteiger partial charge in [-0.05, 0) is 34.7 Å². The highest BCUT2D eigenvalue weighted by molar-refractivity contribution is 6.32. The monoisotopic (exact) mass is 268 g/mol. The van der Waals surface area contributed by atoms with E-state index in [1.165, 1.54) is 11.1 Å². The van der Waals surface area contributed by atoms with Crippen LogP contribution >= 0.6 is 11.6 Å². The van der Waals surface area contributed by atoms with Crippen LogP contribution in [0.5, 0.6) is 0 Å². The lowest BCUT2D eigenvalue weighted by molar-refractivity contribution is 1.14. The molecule has 0 atom stereocenters. The average Bonchev–Trinajstić information content (AvgIpc) is 2.46. The Morgan fingerprint density at radius 3 is 2.21 bits per heavy atom. The summed E-state index contributed by atoms with van der Waals surface area (Å²) in [6, 6.07) is 14.6. The molecule has 0 aliphatic rings. The van der Waals surface area contributed by atoms with Gasteiger partial charge in [-0.15, -0.1) is 0 Å². The van der Waals surface area contributed by atoms with Gasteiger partial charge in [0.25, 0.3) is 0 Å². The zero-order chi connectivity index (χ0) is 13.7. The molecule has 2 aromatic carbocycles. The highest BCUT2D eigenvalue weighted by Crippen LogP contribution is 2.20. The van der Waals surface area contributed by atoms with Gasteiger partial charge in [-0.25, -0.2) is 0 Å². The third kappa shape index (κ3) is 3.59. The Labute approximate surface area is 120 Å². The normalized spacial score (nSPS) is 10.8. The zero-order valence-corrected chi connectivity index (χ0v) is 11.8. The number of rotatable bonds is 4. The second kappa shape index (κ2) is 6.40. The smallest absolute Gasteiger partial charge is 0.0484 e. The molecule has 0 N–H and O–H groups in total. The molecule has 0 aliphatic heterocycles. The van der Waals surface area contributed by atoms with E-state index in [2.05, 4.69) is 49.9 Å². The molecule has 96 valence electrons. The van der Waals surface area contributed by atoms with E-state index in [4.69, 9.17) is 11.6 Å². The van der Waals surface area contributed by atoms with E-state index in [-0.39, 0.29) is 0 Å². The molecule has 2 rings (SSSR count). The molecule has 0 spiro atoms. The van der Waals surface area contributed by atoms with E-state index >= 15 is 0 Å². The molecular weight excluding hydrogens is 252 g/mol. The van der Waals surface area contributed by atoms with Crippen LogP contribution in [0.15, 0.2) is 49.0 Å². The average molecular weight is 269 g/mol. The van der Waals surface area contributed by atoms with Gasteiger partial charge in [0.05, 0.1) is 0 Å². The third-order valence-electron chi connectivity index (χ3n) is 3.10. The first-order valence-corrected chi connectivity index (χ1v) is 6.79. The molecule has 0 nitrogen and oxygen atoms in total. The van der Waals surface area contributed by atoms with E-state index in [0.29, 0.717) is 0 Å². The molecule has 0 aromatic heterocycles. The molecule has 0 aliphatic carbocycles. The Hall–Kier alpha value is -1.79. The summed E-state index contributed by atoms with van der Waals surface area (Å²) in [6.45, 7) is 5.89. The summed E-state index contributed by atoms with van der Waals surface area (Å²) in [7, 11) is 0. The van der Waals surface area contributed by atoms with Gasteiger partial charge in [0.15, 0.2) is 0 Å². The maximum absolute atomic E-state index is 6.15. The molecule has 1 heteroatoms. The molecule has 0 fully saturated rings. The number of aryl methyl sites for hydroxylation is 1. The fourth-order valence-corrected chi connectivity index (χ4v) is 2.14. The highest BCUT2D eigenvalue weighted by Gasteiger charge is 1.96. The van der Waals surface area contributed by atoms with E-state index < -0.39 is 0 Å². The first-order chi connectivity index (χ1) is 9.22. The SMILES string of the molecule is C=Cc1ccc(/C=C/c2ccc(CC)cc2)cc1Cl. The zero-order valence-electron chi connectivity index (χ0n) is 11.1. The molecule has 0 amide bonds. The molecule has 2 aromatic rings. The second-order valence-electron chi connectivity index (χ2n) is 4.41. The fourth-order valence-electron chi connectivity index (χ4n) is 1.87. The van der Waals surface area contributed by atoms with E-state index in [1.54, 1.807) is 6.08 Å². The topological polar surface area (TPSA) is 0 Å². The second-order valence-corrected chi connectivity index (χ2v) is 4.82. The lowest BCUT2D eigenvalue weighted by Crippen LogP contribution is -1.80. The summed E-state index contributed by atoms with van der Waals surface area (Å²) in [6.07, 6.45) is 7.00. The van der Waals surface area contributed by atoms with Gasteiger partial charge in [0.1, 0.15) is 0 Å². The largest absolute Gasteiger partial charge is 0.0984 e. The molecule has 0 radical (unpaired) electrons. The predicted octanol–water partition coefficient (Wildman–Crippen LogP) is 5.72. The minimum absolute atomic E-state index is 0.735. The molecule has 0 bridgehead atoms. The molecular formula is C18H17Cl. The van der Waals surface area contributed by atoms with E-state index in [9.17, 15) is 0 Å². The van der Waals surface area contributed by atoms with Crippen molar-refractivity contribution in [3.63, 3.8) is 0 Å². The van der Waals surface area contributed by atoms with Crippen LogP contribution in [0, 0.1) is 0 Å². The number of hydrogen-bond acceptors (Lipinski definition) is 0. The number of halogens is 1. The van der Waals surface area contributed by atoms with Crippen LogP contribution in [0.25, 0.3) is 18.2 Å². The van der Waals surface area contributed by atoms with Crippen molar-refractivity contribution in [2.45, 2.75) is 13.3 Å². The Bertz CT molecular complexity index is 592. The maximum Gasteiger partial charge on any atom is 0.0484 e. The van der Waals surface area contributed by atoms with Crippen molar-refractivity contribution < 1.29 is 0 Å². The van der Waals surface area contributed by atoms with Crippen LogP contribution in [-0.4, -0.2) is 0 Å². The van der Waals surface area contributed by atoms with Crippen molar-refractivity contribution >= 4 is 29.8 Å². The molecule has 0 saturated carbocycles. The summed E-state index contributed by atoms with van der Waals surface area (Å²) in [4.78, 5) is 0. The van der Waals surface area contributed by atoms with Gasteiger partial charge < -0.3 is 0 Å². The maximum atomic E-state index is 6.15. The van der Waals surface area contributed by atoms with Crippen molar-refractivity contribution in [2.75, 3.05) is 0 Å². The highest BCUT2D eigenvalue weighted by atomic mass is 35.5. The minimum Gasteiger partial charge on any atom is -0.0984 e. The van der Waals surface area contributed by atoms with Gasteiger partial charge in [0, 0.05) is 5.02 Å². The quantitative estimate of drug-likeness (QED) is 0.623. The van der Waals surface area contributed by atoms with Gasteiger partial charge in [0.2, 0.25) is 0 Å². The van der Waals surface area contributed by atoms with Crippen molar-refractivity contribution in [3.8, 4) is 0 Å². The molecule has 0 heterocycles. The predicted molar refractivity (Wildman–Crippen MR) is 86.3 cm³/mol. The molecule has 0 saturated heterocycles. The van der Waals surface area contributed by atoms with Crippen molar-refractivity contribution in [1.29, 1.82) is 0 Å². The first kappa shape index (κ1) is 13.6. The molecule has 19 heavy (non-hydrogen) atoms. The van der Waals surface area contributed by atoms with Crippen molar-refractivity contribution in [3.05, 3.63) is 76.3 Å². The van der Waals surface area contributed by atoms with Crippen LogP contribution in [0.1, 0.15) is 29.2 Å². The summed E-state index contributed by atoms with van der Waals surface area (Å²) < 4.78 is 0. The van der Waals surface area contributed by atoms with Crippen molar-refractivity contribution in [2.24, 2.45) is 0 Å². The van der Waals surface area contributed by atoms with Crippen LogP contribution < -0.4 is 0 Å². The third-order valence-corrected chi connectivity index (χ3v) is 3.43. The lowest BCUT2D eigenvalue weighted by Gasteiger charge is -2.00. The number of hydrogen-bond donors (Lipinski definition) is 0. The van der Waals surface area contributed by atoms with Crippen LogP contribution in [-0.2, 0) is 6.42 Å².